The fraction of sp³-hybridized carbons (Fsp3) is 0.229. The average Bonchev–Trinajstić information content (AvgIpc) is 3.26. The van der Waals surface area contributed by atoms with Gasteiger partial charge in [0, 0.05) is 52.9 Å². The number of nitrogens with one attached hydrogen (secondary N) is 1. The average molecular weight is 531 g/mol. The van der Waals surface area contributed by atoms with E-state index in [-0.39, 0.29) is 5.97 Å². The summed E-state index contributed by atoms with van der Waals surface area (Å²) in [6, 6.07) is 28.1. The van der Waals surface area contributed by atoms with Gasteiger partial charge in [-0.25, -0.2) is 4.79 Å². The molecular formula is C35H34N2O3. The zero-order valence-corrected chi connectivity index (χ0v) is 23.1. The van der Waals surface area contributed by atoms with Gasteiger partial charge in [0.1, 0.15) is 11.5 Å². The number of nitrogens with zero attached hydrogens (tertiary/aromatic N) is 1. The molecule has 1 N–H and O–H groups in total. The SMILES string of the molecule is C=CCN(CCCCC)c1ccc2c(c1)Oc1cc(C)c(Nc3ccccc3)cc1C21OC(=O)c2ccccc21. The minimum Gasteiger partial charge on any atom is -0.456 e. The summed E-state index contributed by atoms with van der Waals surface area (Å²) in [6.45, 7) is 9.93. The number of carbonyl (C=O) groups excluding carboxylic acids is 1. The van der Waals surface area contributed by atoms with Gasteiger partial charge in [0.25, 0.3) is 0 Å². The topological polar surface area (TPSA) is 50.8 Å². The molecule has 6 rings (SSSR count). The van der Waals surface area contributed by atoms with E-state index in [1.54, 1.807) is 0 Å². The number of unbranched alkanes of at least 4 members (excludes halogenated alkanes) is 2. The molecule has 2 aliphatic heterocycles. The second kappa shape index (κ2) is 10.6. The summed E-state index contributed by atoms with van der Waals surface area (Å²) in [6.07, 6.45) is 5.38. The van der Waals surface area contributed by atoms with Crippen molar-refractivity contribution in [3.8, 4) is 11.5 Å². The molecule has 0 aliphatic carbocycles. The summed E-state index contributed by atoms with van der Waals surface area (Å²) >= 11 is 0. The van der Waals surface area contributed by atoms with Crippen LogP contribution in [-0.4, -0.2) is 19.1 Å². The van der Waals surface area contributed by atoms with Gasteiger partial charge in [-0.2, -0.15) is 0 Å². The lowest BCUT2D eigenvalue weighted by Gasteiger charge is -2.38. The van der Waals surface area contributed by atoms with Gasteiger partial charge in [0.15, 0.2) is 5.60 Å². The first-order chi connectivity index (χ1) is 19.5. The Labute approximate surface area is 236 Å². The number of aryl methyl sites for hydroxylation is 1. The molecule has 0 bridgehead atoms. The molecule has 0 fully saturated rings. The smallest absolute Gasteiger partial charge is 0.340 e. The summed E-state index contributed by atoms with van der Waals surface area (Å²) in [7, 11) is 0. The largest absolute Gasteiger partial charge is 0.456 e. The number of anilines is 3. The van der Waals surface area contributed by atoms with Crippen molar-refractivity contribution >= 4 is 23.0 Å². The van der Waals surface area contributed by atoms with Crippen LogP contribution in [0.15, 0.2) is 97.6 Å². The molecule has 0 radical (unpaired) electrons. The molecular weight excluding hydrogens is 496 g/mol. The third kappa shape index (κ3) is 4.32. The highest BCUT2D eigenvalue weighted by atomic mass is 16.6. The third-order valence-corrected chi connectivity index (χ3v) is 7.84. The number of hydrogen-bond acceptors (Lipinski definition) is 5. The van der Waals surface area contributed by atoms with Crippen LogP contribution in [0, 0.1) is 6.92 Å². The van der Waals surface area contributed by atoms with E-state index >= 15 is 0 Å². The van der Waals surface area contributed by atoms with E-state index in [1.807, 2.05) is 66.7 Å². The minimum atomic E-state index is -1.11. The number of rotatable bonds is 9. The highest BCUT2D eigenvalue weighted by Crippen LogP contribution is 2.57. The van der Waals surface area contributed by atoms with Crippen LogP contribution >= 0.6 is 0 Å². The summed E-state index contributed by atoms with van der Waals surface area (Å²) in [5, 5.41) is 3.54. The molecule has 1 spiro atoms. The van der Waals surface area contributed by atoms with Crippen LogP contribution in [0.5, 0.6) is 11.5 Å². The highest BCUT2D eigenvalue weighted by molar-refractivity contribution is 5.97. The van der Waals surface area contributed by atoms with Crippen molar-refractivity contribution in [2.45, 2.75) is 38.7 Å². The quantitative estimate of drug-likeness (QED) is 0.134. The van der Waals surface area contributed by atoms with Crippen molar-refractivity contribution in [1.82, 2.24) is 0 Å². The van der Waals surface area contributed by atoms with Gasteiger partial charge < -0.3 is 19.7 Å². The first-order valence-electron chi connectivity index (χ1n) is 14.0. The molecule has 1 atom stereocenters. The summed E-state index contributed by atoms with van der Waals surface area (Å²) in [4.78, 5) is 15.6. The van der Waals surface area contributed by atoms with E-state index in [2.05, 4.69) is 54.9 Å². The van der Waals surface area contributed by atoms with Crippen LogP contribution in [-0.2, 0) is 10.3 Å². The molecule has 4 aromatic carbocycles. The Bertz CT molecular complexity index is 1580. The van der Waals surface area contributed by atoms with Gasteiger partial charge in [0.2, 0.25) is 0 Å². The molecule has 1 unspecified atom stereocenters. The molecule has 40 heavy (non-hydrogen) atoms. The Hall–Kier alpha value is -4.51. The predicted molar refractivity (Wildman–Crippen MR) is 161 cm³/mol. The molecule has 5 heteroatoms. The van der Waals surface area contributed by atoms with E-state index in [9.17, 15) is 4.79 Å². The molecule has 4 aromatic rings. The number of fused-ring (bicyclic) bond motifs is 6. The Balaban J connectivity index is 1.51. The van der Waals surface area contributed by atoms with Gasteiger partial charge in [0.05, 0.1) is 5.56 Å². The molecule has 0 saturated carbocycles. The van der Waals surface area contributed by atoms with Crippen molar-refractivity contribution in [3.05, 3.63) is 125 Å². The van der Waals surface area contributed by atoms with Gasteiger partial charge >= 0.3 is 5.97 Å². The second-order valence-corrected chi connectivity index (χ2v) is 10.5. The molecule has 2 aliphatic rings. The van der Waals surface area contributed by atoms with Crippen LogP contribution in [0.2, 0.25) is 0 Å². The summed E-state index contributed by atoms with van der Waals surface area (Å²) < 4.78 is 13.0. The highest BCUT2D eigenvalue weighted by Gasteiger charge is 2.53. The monoisotopic (exact) mass is 530 g/mol. The lowest BCUT2D eigenvalue weighted by molar-refractivity contribution is 0.0224. The van der Waals surface area contributed by atoms with Crippen LogP contribution in [0.25, 0.3) is 0 Å². The van der Waals surface area contributed by atoms with Crippen molar-refractivity contribution in [2.75, 3.05) is 23.3 Å². The second-order valence-electron chi connectivity index (χ2n) is 10.5. The van der Waals surface area contributed by atoms with E-state index in [4.69, 9.17) is 9.47 Å². The first-order valence-corrected chi connectivity index (χ1v) is 14.0. The maximum Gasteiger partial charge on any atom is 0.340 e. The number of benzene rings is 4. The molecule has 0 aromatic heterocycles. The summed E-state index contributed by atoms with van der Waals surface area (Å²) in [5.74, 6) is 1.05. The Kier molecular flexibility index (Phi) is 6.81. The van der Waals surface area contributed by atoms with Crippen molar-refractivity contribution in [1.29, 1.82) is 0 Å². The van der Waals surface area contributed by atoms with Crippen LogP contribution < -0.4 is 15.0 Å². The maximum atomic E-state index is 13.3. The third-order valence-electron chi connectivity index (χ3n) is 7.84. The Morgan fingerprint density at radius 3 is 2.48 bits per heavy atom. The zero-order valence-electron chi connectivity index (χ0n) is 23.1. The Morgan fingerprint density at radius 1 is 0.900 bits per heavy atom. The van der Waals surface area contributed by atoms with Crippen molar-refractivity contribution in [3.63, 3.8) is 0 Å². The number of esters is 1. The maximum absolute atomic E-state index is 13.3. The Morgan fingerprint density at radius 2 is 1.68 bits per heavy atom. The number of ether oxygens (including phenoxy) is 2. The van der Waals surface area contributed by atoms with Gasteiger partial charge in [-0.15, -0.1) is 6.58 Å². The first kappa shape index (κ1) is 25.8. The standard InChI is InChI=1S/C35H34N2O3/c1-4-6-12-20-37(19-5-2)26-17-18-29-33(22-26)39-32-21-24(3)31(36-25-13-8-7-9-14-25)23-30(32)35(29)28-16-11-10-15-27(28)34(38)40-35/h5,7-11,13-18,21-23,36H,2,4,6,12,19-20H2,1,3H3. The van der Waals surface area contributed by atoms with Crippen molar-refractivity contribution < 1.29 is 14.3 Å². The molecule has 2 heterocycles. The van der Waals surface area contributed by atoms with Crippen LogP contribution in [0.3, 0.4) is 0 Å². The van der Waals surface area contributed by atoms with E-state index in [0.29, 0.717) is 17.1 Å². The fourth-order valence-electron chi connectivity index (χ4n) is 5.85. The molecule has 0 saturated heterocycles. The van der Waals surface area contributed by atoms with E-state index in [1.165, 1.54) is 12.8 Å². The lowest BCUT2D eigenvalue weighted by atomic mass is 9.77. The molecule has 202 valence electrons. The molecule has 0 amide bonds. The van der Waals surface area contributed by atoms with Gasteiger partial charge in [-0.05, 0) is 61.4 Å². The summed E-state index contributed by atoms with van der Waals surface area (Å²) in [5.41, 5.74) is 5.94. The van der Waals surface area contributed by atoms with Crippen LogP contribution in [0.1, 0.15) is 58.8 Å². The van der Waals surface area contributed by atoms with Crippen molar-refractivity contribution in [2.24, 2.45) is 0 Å². The van der Waals surface area contributed by atoms with Gasteiger partial charge in [-0.3, -0.25) is 0 Å². The van der Waals surface area contributed by atoms with E-state index < -0.39 is 5.60 Å². The zero-order chi connectivity index (χ0) is 27.7. The number of carbonyl (C=O) groups is 1. The normalized spacial score (nSPS) is 16.4. The number of hydrogen-bond donors (Lipinski definition) is 1. The lowest BCUT2D eigenvalue weighted by Crippen LogP contribution is -2.33. The van der Waals surface area contributed by atoms with E-state index in [0.717, 1.165) is 58.8 Å². The fourth-order valence-corrected chi connectivity index (χ4v) is 5.85. The van der Waals surface area contributed by atoms with Gasteiger partial charge in [-0.1, -0.05) is 62.2 Å². The number of para-hydroxylation sites is 1. The van der Waals surface area contributed by atoms with Crippen LogP contribution in [0.4, 0.5) is 17.1 Å². The minimum absolute atomic E-state index is 0.329. The predicted octanol–water partition coefficient (Wildman–Crippen LogP) is 8.49. The molecule has 5 nitrogen and oxygen atoms in total.